The number of amides is 1. The third kappa shape index (κ3) is 4.44. The normalized spacial score (nSPS) is 16.1. The number of aromatic hydroxyl groups is 1. The van der Waals surface area contributed by atoms with E-state index in [4.69, 9.17) is 0 Å². The predicted octanol–water partition coefficient (Wildman–Crippen LogP) is 3.76. The molecule has 1 aliphatic rings. The topological polar surface area (TPSA) is 99.1 Å². The number of sulfonamides is 1. The Kier molecular flexibility index (Phi) is 5.48. The first kappa shape index (κ1) is 20.6. The number of anilines is 1. The molecule has 1 unspecified atom stereocenters. The van der Waals surface area contributed by atoms with Gasteiger partial charge < -0.3 is 5.11 Å². The van der Waals surface area contributed by atoms with Gasteiger partial charge in [0.05, 0.1) is 23.7 Å². The smallest absolute Gasteiger partial charge is 0.274 e. The Hall–Kier alpha value is -3.65. The van der Waals surface area contributed by atoms with E-state index in [-0.39, 0.29) is 11.7 Å². The number of hydrogen-bond acceptors (Lipinski definition) is 5. The van der Waals surface area contributed by atoms with Gasteiger partial charge in [0.15, 0.2) is 0 Å². The molecule has 1 amide bonds. The zero-order valence-electron chi connectivity index (χ0n) is 16.8. The Balaban J connectivity index is 1.79. The summed E-state index contributed by atoms with van der Waals surface area (Å²) in [5, 5.41) is 16.4. The first-order valence-corrected chi connectivity index (χ1v) is 11.5. The summed E-state index contributed by atoms with van der Waals surface area (Å²) in [7, 11) is -3.50. The van der Waals surface area contributed by atoms with Crippen LogP contribution in [-0.4, -0.2) is 36.4 Å². The van der Waals surface area contributed by atoms with Crippen molar-refractivity contribution >= 4 is 27.3 Å². The van der Waals surface area contributed by atoms with E-state index in [2.05, 4.69) is 9.82 Å². The average molecular weight is 436 g/mol. The molecule has 0 aromatic heterocycles. The highest BCUT2D eigenvalue weighted by atomic mass is 32.2. The molecule has 2 N–H and O–H groups in total. The molecule has 0 fully saturated rings. The van der Waals surface area contributed by atoms with E-state index in [1.54, 1.807) is 72.8 Å². The third-order valence-electron chi connectivity index (χ3n) is 4.97. The summed E-state index contributed by atoms with van der Waals surface area (Å²) in [6.07, 6.45) is 1.40. The first-order valence-electron chi connectivity index (χ1n) is 9.64. The van der Waals surface area contributed by atoms with Crippen LogP contribution in [0.1, 0.15) is 33.9 Å². The molecule has 0 spiro atoms. The summed E-state index contributed by atoms with van der Waals surface area (Å²) in [5.41, 5.74) is 2.55. The van der Waals surface area contributed by atoms with Gasteiger partial charge in [-0.1, -0.05) is 54.6 Å². The van der Waals surface area contributed by atoms with Crippen LogP contribution in [0.25, 0.3) is 0 Å². The maximum atomic E-state index is 13.3. The molecule has 0 aliphatic carbocycles. The van der Waals surface area contributed by atoms with E-state index in [9.17, 15) is 18.3 Å². The van der Waals surface area contributed by atoms with E-state index in [0.717, 1.165) is 6.26 Å². The van der Waals surface area contributed by atoms with Gasteiger partial charge in [-0.25, -0.2) is 13.4 Å². The van der Waals surface area contributed by atoms with Crippen LogP contribution >= 0.6 is 0 Å². The van der Waals surface area contributed by atoms with Gasteiger partial charge in [0.2, 0.25) is 10.0 Å². The molecular formula is C23H21N3O4S. The lowest BCUT2D eigenvalue weighted by atomic mass is 9.96. The third-order valence-corrected chi connectivity index (χ3v) is 5.56. The van der Waals surface area contributed by atoms with Crippen LogP contribution in [0.2, 0.25) is 0 Å². The predicted molar refractivity (Wildman–Crippen MR) is 120 cm³/mol. The number of nitrogens with one attached hydrogen (secondary N) is 1. The van der Waals surface area contributed by atoms with Gasteiger partial charge in [0.1, 0.15) is 5.75 Å². The van der Waals surface area contributed by atoms with Crippen LogP contribution in [0.5, 0.6) is 5.75 Å². The molecular weight excluding hydrogens is 414 g/mol. The van der Waals surface area contributed by atoms with Gasteiger partial charge in [-0.3, -0.25) is 9.52 Å². The molecule has 0 saturated heterocycles. The van der Waals surface area contributed by atoms with Crippen LogP contribution in [0.15, 0.2) is 84.0 Å². The number of hydrazone groups is 1. The lowest BCUT2D eigenvalue weighted by molar-refractivity contribution is 0.0709. The highest BCUT2D eigenvalue weighted by Gasteiger charge is 2.35. The minimum absolute atomic E-state index is 0.0670. The Morgan fingerprint density at radius 1 is 1.00 bits per heavy atom. The summed E-state index contributed by atoms with van der Waals surface area (Å²) in [6, 6.07) is 22.0. The molecule has 8 heteroatoms. The van der Waals surface area contributed by atoms with E-state index in [0.29, 0.717) is 34.5 Å². The highest BCUT2D eigenvalue weighted by Crippen LogP contribution is 2.38. The zero-order chi connectivity index (χ0) is 22.0. The van der Waals surface area contributed by atoms with E-state index in [1.807, 2.05) is 6.07 Å². The van der Waals surface area contributed by atoms with Crippen LogP contribution in [-0.2, 0) is 10.0 Å². The van der Waals surface area contributed by atoms with E-state index >= 15 is 0 Å². The number of para-hydroxylation sites is 2. The molecule has 0 bridgehead atoms. The molecule has 4 rings (SSSR count). The Morgan fingerprint density at radius 3 is 2.35 bits per heavy atom. The summed E-state index contributed by atoms with van der Waals surface area (Å²) >= 11 is 0. The first-order chi connectivity index (χ1) is 14.8. The number of nitrogens with zero attached hydrogens (tertiary/aromatic N) is 2. The molecule has 0 saturated carbocycles. The Morgan fingerprint density at radius 2 is 1.65 bits per heavy atom. The van der Waals surface area contributed by atoms with Gasteiger partial charge >= 0.3 is 0 Å². The van der Waals surface area contributed by atoms with Crippen molar-refractivity contribution in [1.29, 1.82) is 0 Å². The van der Waals surface area contributed by atoms with Crippen molar-refractivity contribution in [1.82, 2.24) is 5.01 Å². The number of benzene rings is 3. The number of phenolic OH excluding ortho intramolecular Hbond substituents is 1. The lowest BCUT2D eigenvalue weighted by Gasteiger charge is -2.22. The van der Waals surface area contributed by atoms with Crippen molar-refractivity contribution in [3.8, 4) is 5.75 Å². The zero-order valence-corrected chi connectivity index (χ0v) is 17.6. The number of carbonyl (C=O) groups is 1. The minimum Gasteiger partial charge on any atom is -0.508 e. The van der Waals surface area contributed by atoms with Crippen LogP contribution in [0, 0.1) is 0 Å². The maximum Gasteiger partial charge on any atom is 0.274 e. The molecule has 3 aromatic carbocycles. The fourth-order valence-corrected chi connectivity index (χ4v) is 4.19. The van der Waals surface area contributed by atoms with Crippen molar-refractivity contribution in [2.24, 2.45) is 5.10 Å². The van der Waals surface area contributed by atoms with E-state index < -0.39 is 16.1 Å². The van der Waals surface area contributed by atoms with E-state index in [1.165, 1.54) is 5.01 Å². The second-order valence-corrected chi connectivity index (χ2v) is 9.01. The Labute approximate surface area is 180 Å². The van der Waals surface area contributed by atoms with Crippen molar-refractivity contribution in [2.75, 3.05) is 11.0 Å². The highest BCUT2D eigenvalue weighted by molar-refractivity contribution is 7.92. The fraction of sp³-hybridized carbons (Fsp3) is 0.130. The molecule has 0 radical (unpaired) electrons. The summed E-state index contributed by atoms with van der Waals surface area (Å²) in [5.74, 6) is -0.241. The average Bonchev–Trinajstić information content (AvgIpc) is 3.18. The quantitative estimate of drug-likeness (QED) is 0.637. The van der Waals surface area contributed by atoms with Gasteiger partial charge in [0.25, 0.3) is 5.91 Å². The van der Waals surface area contributed by atoms with Crippen molar-refractivity contribution in [2.45, 2.75) is 12.5 Å². The second-order valence-electron chi connectivity index (χ2n) is 7.26. The van der Waals surface area contributed by atoms with Crippen LogP contribution in [0.3, 0.4) is 0 Å². The molecule has 7 nitrogen and oxygen atoms in total. The minimum atomic E-state index is -3.50. The summed E-state index contributed by atoms with van der Waals surface area (Å²) in [4.78, 5) is 13.3. The standard InChI is InChI=1S/C23H21N3O4S/c1-31(29,30)25-19-13-7-5-11-17(19)20-15-21(18-12-6-8-14-22(18)27)26(24-20)23(28)16-9-3-2-4-10-16/h2-14,21,25,27H,15H2,1H3. The largest absolute Gasteiger partial charge is 0.508 e. The van der Waals surface area contributed by atoms with Crippen molar-refractivity contribution < 1.29 is 18.3 Å². The summed E-state index contributed by atoms with van der Waals surface area (Å²) in [6.45, 7) is 0. The van der Waals surface area contributed by atoms with Gasteiger partial charge in [-0.2, -0.15) is 5.10 Å². The molecule has 1 atom stereocenters. The summed E-state index contributed by atoms with van der Waals surface area (Å²) < 4.78 is 26.1. The lowest BCUT2D eigenvalue weighted by Crippen LogP contribution is -2.27. The van der Waals surface area contributed by atoms with Gasteiger partial charge in [0, 0.05) is 23.1 Å². The van der Waals surface area contributed by atoms with Gasteiger partial charge in [-0.15, -0.1) is 0 Å². The number of phenols is 1. The molecule has 1 heterocycles. The maximum absolute atomic E-state index is 13.3. The number of rotatable bonds is 5. The molecule has 3 aromatic rings. The molecule has 31 heavy (non-hydrogen) atoms. The second kappa shape index (κ2) is 8.23. The van der Waals surface area contributed by atoms with Crippen molar-refractivity contribution in [3.63, 3.8) is 0 Å². The number of carbonyl (C=O) groups excluding carboxylic acids is 1. The fourth-order valence-electron chi connectivity index (χ4n) is 3.61. The SMILES string of the molecule is CS(=O)(=O)Nc1ccccc1C1=NN(C(=O)c2ccccc2)C(c2ccccc2O)C1. The number of hydrogen-bond donors (Lipinski definition) is 2. The molecule has 158 valence electrons. The monoisotopic (exact) mass is 435 g/mol. The Bertz CT molecular complexity index is 1260. The van der Waals surface area contributed by atoms with Crippen LogP contribution < -0.4 is 4.72 Å². The molecule has 1 aliphatic heterocycles. The van der Waals surface area contributed by atoms with Gasteiger partial charge in [-0.05, 0) is 24.3 Å². The van der Waals surface area contributed by atoms with Crippen molar-refractivity contribution in [3.05, 3.63) is 95.6 Å². The van der Waals surface area contributed by atoms with Crippen LogP contribution in [0.4, 0.5) is 5.69 Å².